The van der Waals surface area contributed by atoms with Crippen LogP contribution in [0.2, 0.25) is 0 Å². The Balaban J connectivity index is 1.52. The number of rotatable bonds is 4. The van der Waals surface area contributed by atoms with E-state index in [1.165, 1.54) is 6.07 Å². The molecule has 0 N–H and O–H groups in total. The number of nitrogens with zero attached hydrogens (tertiary/aromatic N) is 2. The van der Waals surface area contributed by atoms with Crippen molar-refractivity contribution >= 4 is 27.5 Å². The summed E-state index contributed by atoms with van der Waals surface area (Å²) >= 11 is 3.41. The van der Waals surface area contributed by atoms with Gasteiger partial charge in [0.25, 0.3) is 5.91 Å². The van der Waals surface area contributed by atoms with E-state index in [1.807, 2.05) is 36.1 Å². The minimum Gasteiger partial charge on any atom is -0.483 e. The molecule has 0 saturated carbocycles. The van der Waals surface area contributed by atoms with Gasteiger partial charge in [0.05, 0.1) is 5.69 Å². The Morgan fingerprint density at radius 2 is 1.88 bits per heavy atom. The molecule has 1 fully saturated rings. The fraction of sp³-hybridized carbons (Fsp3) is 0.316. The van der Waals surface area contributed by atoms with Gasteiger partial charge in [-0.3, -0.25) is 4.79 Å². The van der Waals surface area contributed by atoms with Crippen molar-refractivity contribution in [1.29, 1.82) is 0 Å². The molecule has 3 rings (SSSR count). The molecule has 2 aromatic rings. The Kier molecular flexibility index (Phi) is 5.58. The number of hydrogen-bond acceptors (Lipinski definition) is 3. The number of piperazine rings is 1. The van der Waals surface area contributed by atoms with E-state index in [0.29, 0.717) is 37.6 Å². The van der Waals surface area contributed by atoms with E-state index in [1.54, 1.807) is 17.0 Å². The summed E-state index contributed by atoms with van der Waals surface area (Å²) in [5.41, 5.74) is 1.57. The third-order valence-electron chi connectivity index (χ3n) is 4.31. The molecule has 132 valence electrons. The Labute approximate surface area is 155 Å². The molecule has 1 amide bonds. The van der Waals surface area contributed by atoms with Crippen LogP contribution in [0.4, 0.5) is 10.1 Å². The van der Waals surface area contributed by atoms with Crippen LogP contribution in [-0.4, -0.2) is 43.6 Å². The highest BCUT2D eigenvalue weighted by atomic mass is 79.9. The van der Waals surface area contributed by atoms with Gasteiger partial charge in [-0.25, -0.2) is 4.39 Å². The lowest BCUT2D eigenvalue weighted by atomic mass is 10.2. The summed E-state index contributed by atoms with van der Waals surface area (Å²) in [6.45, 7) is 4.32. The number of ether oxygens (including phenoxy) is 1. The Bertz CT molecular complexity index is 761. The predicted molar refractivity (Wildman–Crippen MR) is 99.6 cm³/mol. The summed E-state index contributed by atoms with van der Waals surface area (Å²) in [4.78, 5) is 16.1. The first-order chi connectivity index (χ1) is 12.0. The van der Waals surface area contributed by atoms with Crippen LogP contribution in [0.3, 0.4) is 0 Å². The Morgan fingerprint density at radius 1 is 1.16 bits per heavy atom. The van der Waals surface area contributed by atoms with Crippen LogP contribution in [0.5, 0.6) is 5.75 Å². The second-order valence-corrected chi connectivity index (χ2v) is 6.93. The van der Waals surface area contributed by atoms with E-state index in [4.69, 9.17) is 4.74 Å². The molecule has 0 unspecified atom stereocenters. The molecule has 0 spiro atoms. The van der Waals surface area contributed by atoms with Crippen LogP contribution >= 0.6 is 15.9 Å². The van der Waals surface area contributed by atoms with Gasteiger partial charge in [-0.1, -0.05) is 28.1 Å². The zero-order valence-corrected chi connectivity index (χ0v) is 15.6. The summed E-state index contributed by atoms with van der Waals surface area (Å²) in [6.07, 6.45) is 0. The molecule has 0 aliphatic carbocycles. The zero-order chi connectivity index (χ0) is 17.8. The quantitative estimate of drug-likeness (QED) is 0.776. The van der Waals surface area contributed by atoms with Crippen LogP contribution < -0.4 is 9.64 Å². The topological polar surface area (TPSA) is 32.8 Å². The Morgan fingerprint density at radius 3 is 2.56 bits per heavy atom. The third-order valence-corrected chi connectivity index (χ3v) is 4.81. The highest BCUT2D eigenvalue weighted by Gasteiger charge is 2.23. The van der Waals surface area contributed by atoms with Gasteiger partial charge in [0.2, 0.25) is 0 Å². The number of carbonyl (C=O) groups is 1. The fourth-order valence-electron chi connectivity index (χ4n) is 2.91. The molecule has 0 bridgehead atoms. The maximum absolute atomic E-state index is 13.9. The van der Waals surface area contributed by atoms with Crippen molar-refractivity contribution in [2.45, 2.75) is 6.92 Å². The van der Waals surface area contributed by atoms with E-state index in [2.05, 4.69) is 15.9 Å². The first-order valence-electron chi connectivity index (χ1n) is 8.21. The average Bonchev–Trinajstić information content (AvgIpc) is 2.61. The number of carbonyl (C=O) groups excluding carboxylic acids is 1. The molecular formula is C19H20BrFN2O2. The van der Waals surface area contributed by atoms with Crippen molar-refractivity contribution in [1.82, 2.24) is 4.90 Å². The molecule has 2 aromatic carbocycles. The second-order valence-electron chi connectivity index (χ2n) is 6.02. The predicted octanol–water partition coefficient (Wildman–Crippen LogP) is 3.62. The molecule has 25 heavy (non-hydrogen) atoms. The van der Waals surface area contributed by atoms with Gasteiger partial charge in [-0.15, -0.1) is 0 Å². The van der Waals surface area contributed by atoms with Crippen molar-refractivity contribution in [3.8, 4) is 5.75 Å². The SMILES string of the molecule is Cc1cc(Br)ccc1OCC(=O)N1CCN(c2ccccc2F)CC1. The minimum atomic E-state index is -0.226. The molecule has 6 heteroatoms. The third kappa shape index (κ3) is 4.31. The zero-order valence-electron chi connectivity index (χ0n) is 14.0. The van der Waals surface area contributed by atoms with E-state index < -0.39 is 0 Å². The van der Waals surface area contributed by atoms with Gasteiger partial charge >= 0.3 is 0 Å². The molecule has 4 nitrogen and oxygen atoms in total. The fourth-order valence-corrected chi connectivity index (χ4v) is 3.39. The van der Waals surface area contributed by atoms with E-state index in [0.717, 1.165) is 10.0 Å². The van der Waals surface area contributed by atoms with Gasteiger partial charge in [0.1, 0.15) is 11.6 Å². The van der Waals surface area contributed by atoms with E-state index >= 15 is 0 Å². The largest absolute Gasteiger partial charge is 0.483 e. The van der Waals surface area contributed by atoms with Gasteiger partial charge in [0.15, 0.2) is 6.61 Å². The summed E-state index contributed by atoms with van der Waals surface area (Å²) in [5.74, 6) is 0.438. The standard InChI is InChI=1S/C19H20BrFN2O2/c1-14-12-15(20)6-7-18(14)25-13-19(24)23-10-8-22(9-11-23)17-5-3-2-4-16(17)21/h2-7,12H,8-11,13H2,1H3. The highest BCUT2D eigenvalue weighted by molar-refractivity contribution is 9.10. The molecule has 0 radical (unpaired) electrons. The molecule has 0 aromatic heterocycles. The van der Waals surface area contributed by atoms with Crippen LogP contribution in [0.15, 0.2) is 46.9 Å². The lowest BCUT2D eigenvalue weighted by Gasteiger charge is -2.36. The summed E-state index contributed by atoms with van der Waals surface area (Å²) in [7, 11) is 0. The maximum atomic E-state index is 13.9. The van der Waals surface area contributed by atoms with Gasteiger partial charge in [-0.05, 0) is 42.8 Å². The highest BCUT2D eigenvalue weighted by Crippen LogP contribution is 2.23. The monoisotopic (exact) mass is 406 g/mol. The number of hydrogen-bond donors (Lipinski definition) is 0. The van der Waals surface area contributed by atoms with Crippen molar-refractivity contribution in [2.75, 3.05) is 37.7 Å². The second kappa shape index (κ2) is 7.87. The lowest BCUT2D eigenvalue weighted by Crippen LogP contribution is -2.50. The van der Waals surface area contributed by atoms with Gasteiger partial charge in [-0.2, -0.15) is 0 Å². The van der Waals surface area contributed by atoms with Crippen LogP contribution in [0.25, 0.3) is 0 Å². The number of aryl methyl sites for hydroxylation is 1. The van der Waals surface area contributed by atoms with Crippen molar-refractivity contribution in [3.05, 3.63) is 58.3 Å². The Hall–Kier alpha value is -2.08. The molecule has 1 heterocycles. The molecule has 1 aliphatic rings. The van der Waals surface area contributed by atoms with Crippen LogP contribution in [-0.2, 0) is 4.79 Å². The molecule has 1 aliphatic heterocycles. The number of amides is 1. The average molecular weight is 407 g/mol. The van der Waals surface area contributed by atoms with Crippen molar-refractivity contribution < 1.29 is 13.9 Å². The van der Waals surface area contributed by atoms with Crippen LogP contribution in [0, 0.1) is 12.7 Å². The van der Waals surface area contributed by atoms with Crippen molar-refractivity contribution in [2.24, 2.45) is 0 Å². The lowest BCUT2D eigenvalue weighted by molar-refractivity contribution is -0.133. The number of halogens is 2. The number of anilines is 1. The molecular weight excluding hydrogens is 387 g/mol. The number of para-hydroxylation sites is 1. The van der Waals surface area contributed by atoms with E-state index in [9.17, 15) is 9.18 Å². The molecule has 1 saturated heterocycles. The van der Waals surface area contributed by atoms with Gasteiger partial charge in [0, 0.05) is 30.7 Å². The van der Waals surface area contributed by atoms with Crippen molar-refractivity contribution in [3.63, 3.8) is 0 Å². The molecule has 0 atom stereocenters. The number of benzene rings is 2. The maximum Gasteiger partial charge on any atom is 0.260 e. The summed E-state index contributed by atoms with van der Waals surface area (Å²) in [5, 5.41) is 0. The van der Waals surface area contributed by atoms with E-state index in [-0.39, 0.29) is 18.3 Å². The first-order valence-corrected chi connectivity index (χ1v) is 9.00. The first kappa shape index (κ1) is 17.7. The van der Waals surface area contributed by atoms with Crippen LogP contribution in [0.1, 0.15) is 5.56 Å². The smallest absolute Gasteiger partial charge is 0.260 e. The summed E-state index contributed by atoms with van der Waals surface area (Å²) in [6, 6.07) is 12.4. The summed E-state index contributed by atoms with van der Waals surface area (Å²) < 4.78 is 20.5. The van der Waals surface area contributed by atoms with Gasteiger partial charge < -0.3 is 14.5 Å². The minimum absolute atomic E-state index is 0.0160. The normalized spacial score (nSPS) is 14.5.